The van der Waals surface area contributed by atoms with E-state index in [2.05, 4.69) is 15.6 Å². The van der Waals surface area contributed by atoms with Gasteiger partial charge in [-0.1, -0.05) is 34.8 Å². The highest BCUT2D eigenvalue weighted by Gasteiger charge is 2.28. The van der Waals surface area contributed by atoms with Gasteiger partial charge >= 0.3 is 0 Å². The molecule has 0 aliphatic carbocycles. The van der Waals surface area contributed by atoms with Crippen LogP contribution in [-0.2, 0) is 11.3 Å². The summed E-state index contributed by atoms with van der Waals surface area (Å²) in [5, 5.41) is 16.0. The first-order valence-corrected chi connectivity index (χ1v) is 12.6. The van der Waals surface area contributed by atoms with Gasteiger partial charge in [0.2, 0.25) is 0 Å². The van der Waals surface area contributed by atoms with E-state index >= 15 is 0 Å². The van der Waals surface area contributed by atoms with Gasteiger partial charge < -0.3 is 25.0 Å². The standard InChI is InChI=1S/C23H20Cl3N5O4S/c1-11-8-31(23(27)35-11)9-12-10-36-20(18(12)26)22(33)30-19-15(5-14(25)6-16(19)34-2)21(32)29-17-4-3-13(24)7-28-17/h3-7,10-11,27H,8-9H2,1-2H3,(H,30,33)(H,28,29,32). The fourth-order valence-electron chi connectivity index (χ4n) is 3.53. The van der Waals surface area contributed by atoms with Crippen LogP contribution in [0.25, 0.3) is 0 Å². The molecule has 36 heavy (non-hydrogen) atoms. The molecule has 3 N–H and O–H groups in total. The number of amidine groups is 1. The van der Waals surface area contributed by atoms with E-state index in [0.29, 0.717) is 23.7 Å². The third-order valence-corrected chi connectivity index (χ3v) is 7.20. The Kier molecular flexibility index (Phi) is 7.89. The number of methoxy groups -OCH3 is 1. The van der Waals surface area contributed by atoms with Crippen LogP contribution >= 0.6 is 46.1 Å². The Morgan fingerprint density at radius 1 is 1.22 bits per heavy atom. The Hall–Kier alpha value is -3.05. The van der Waals surface area contributed by atoms with Crippen molar-refractivity contribution in [3.8, 4) is 5.75 Å². The van der Waals surface area contributed by atoms with Crippen molar-refractivity contribution in [3.05, 3.63) is 66.9 Å². The molecular weight excluding hydrogens is 549 g/mol. The SMILES string of the molecule is COc1cc(Cl)cc(C(=O)Nc2ccc(Cl)cn2)c1NC(=O)c1scc(CN2CC(C)OC2=N)c1Cl. The van der Waals surface area contributed by atoms with Crippen molar-refractivity contribution < 1.29 is 19.1 Å². The highest BCUT2D eigenvalue weighted by Crippen LogP contribution is 2.36. The summed E-state index contributed by atoms with van der Waals surface area (Å²) in [4.78, 5) is 32.3. The van der Waals surface area contributed by atoms with Crippen LogP contribution in [0.4, 0.5) is 11.5 Å². The van der Waals surface area contributed by atoms with Crippen LogP contribution in [-0.4, -0.2) is 47.5 Å². The fourth-order valence-corrected chi connectivity index (χ4v) is 5.09. The second-order valence-corrected chi connectivity index (χ2v) is 9.95. The number of rotatable bonds is 7. The average molecular weight is 569 g/mol. The predicted molar refractivity (Wildman–Crippen MR) is 141 cm³/mol. The van der Waals surface area contributed by atoms with E-state index in [1.165, 1.54) is 25.4 Å². The maximum absolute atomic E-state index is 13.2. The molecule has 9 nitrogen and oxygen atoms in total. The number of ether oxygens (including phenoxy) is 2. The summed E-state index contributed by atoms with van der Waals surface area (Å²) in [6.45, 7) is 2.76. The van der Waals surface area contributed by atoms with Crippen molar-refractivity contribution in [3.63, 3.8) is 0 Å². The number of carbonyl (C=O) groups is 2. The Bertz CT molecular complexity index is 1330. The summed E-state index contributed by atoms with van der Waals surface area (Å²) in [7, 11) is 1.40. The molecule has 0 radical (unpaired) electrons. The van der Waals surface area contributed by atoms with Gasteiger partial charge in [-0.25, -0.2) is 4.98 Å². The van der Waals surface area contributed by atoms with Crippen molar-refractivity contribution >= 4 is 75.5 Å². The van der Waals surface area contributed by atoms with Gasteiger partial charge in [0.25, 0.3) is 17.8 Å². The van der Waals surface area contributed by atoms with E-state index in [1.807, 2.05) is 6.92 Å². The predicted octanol–water partition coefficient (Wildman–Crippen LogP) is 5.77. The van der Waals surface area contributed by atoms with Crippen molar-refractivity contribution in [1.29, 1.82) is 5.41 Å². The Balaban J connectivity index is 1.59. The molecule has 1 aliphatic rings. The fraction of sp³-hybridized carbons (Fsp3) is 0.217. The molecule has 13 heteroatoms. The van der Waals surface area contributed by atoms with Gasteiger partial charge in [-0.3, -0.25) is 15.0 Å². The maximum atomic E-state index is 13.2. The van der Waals surface area contributed by atoms with Gasteiger partial charge in [0.05, 0.1) is 35.0 Å². The number of carbonyl (C=O) groups excluding carboxylic acids is 2. The van der Waals surface area contributed by atoms with Crippen LogP contribution in [0.5, 0.6) is 5.75 Å². The summed E-state index contributed by atoms with van der Waals surface area (Å²) in [6.07, 6.45) is 1.30. The molecule has 1 fully saturated rings. The topological polar surface area (TPSA) is 117 Å². The van der Waals surface area contributed by atoms with Gasteiger partial charge in [0, 0.05) is 29.4 Å². The molecule has 188 valence electrons. The maximum Gasteiger partial charge on any atom is 0.285 e. The number of halogens is 3. The molecular formula is C23H20Cl3N5O4S. The van der Waals surface area contributed by atoms with Crippen LogP contribution in [0.3, 0.4) is 0 Å². The molecule has 1 aliphatic heterocycles. The number of pyridine rings is 1. The quantitative estimate of drug-likeness (QED) is 0.333. The molecule has 3 aromatic rings. The van der Waals surface area contributed by atoms with Gasteiger partial charge in [-0.2, -0.15) is 0 Å². The summed E-state index contributed by atoms with van der Waals surface area (Å²) in [5.41, 5.74) is 0.867. The van der Waals surface area contributed by atoms with Crippen LogP contribution in [0.2, 0.25) is 15.1 Å². The molecule has 2 aromatic heterocycles. The number of benzene rings is 1. The van der Waals surface area contributed by atoms with Crippen LogP contribution < -0.4 is 15.4 Å². The van der Waals surface area contributed by atoms with Crippen molar-refractivity contribution in [1.82, 2.24) is 9.88 Å². The lowest BCUT2D eigenvalue weighted by molar-refractivity contribution is 0.102. The molecule has 3 heterocycles. The number of hydrogen-bond donors (Lipinski definition) is 3. The lowest BCUT2D eigenvalue weighted by Crippen LogP contribution is -2.24. The van der Waals surface area contributed by atoms with E-state index < -0.39 is 11.8 Å². The number of amides is 2. The van der Waals surface area contributed by atoms with Gasteiger partial charge in [-0.15, -0.1) is 11.3 Å². The van der Waals surface area contributed by atoms with Crippen molar-refractivity contribution in [2.75, 3.05) is 24.3 Å². The van der Waals surface area contributed by atoms with Gasteiger partial charge in [-0.05, 0) is 30.5 Å². The molecule has 1 unspecified atom stereocenters. The number of anilines is 2. The minimum atomic E-state index is -0.569. The number of thiophene rings is 1. The molecule has 2 amide bonds. The Labute approximate surface area is 225 Å². The normalized spacial score (nSPS) is 15.0. The van der Waals surface area contributed by atoms with E-state index in [1.54, 1.807) is 22.4 Å². The van der Waals surface area contributed by atoms with E-state index in [-0.39, 0.29) is 49.9 Å². The summed E-state index contributed by atoms with van der Waals surface area (Å²) in [6, 6.07) is 6.08. The lowest BCUT2D eigenvalue weighted by atomic mass is 10.1. The monoisotopic (exact) mass is 567 g/mol. The second kappa shape index (κ2) is 10.9. The number of nitrogens with zero attached hydrogens (tertiary/aromatic N) is 2. The summed E-state index contributed by atoms with van der Waals surface area (Å²) < 4.78 is 10.7. The molecule has 0 spiro atoms. The zero-order chi connectivity index (χ0) is 26.0. The first-order chi connectivity index (χ1) is 17.2. The van der Waals surface area contributed by atoms with E-state index in [4.69, 9.17) is 49.7 Å². The number of hydrogen-bond acceptors (Lipinski definition) is 7. The van der Waals surface area contributed by atoms with Crippen molar-refractivity contribution in [2.45, 2.75) is 19.6 Å². The summed E-state index contributed by atoms with van der Waals surface area (Å²) >= 11 is 19.7. The average Bonchev–Trinajstić information content (AvgIpc) is 3.36. The van der Waals surface area contributed by atoms with Crippen LogP contribution in [0.1, 0.15) is 32.5 Å². The summed E-state index contributed by atoms with van der Waals surface area (Å²) in [5.74, 6) is -0.649. The van der Waals surface area contributed by atoms with Gasteiger partial charge in [0.1, 0.15) is 22.5 Å². The highest BCUT2D eigenvalue weighted by molar-refractivity contribution is 7.13. The molecule has 0 saturated carbocycles. The number of aromatic nitrogens is 1. The third-order valence-electron chi connectivity index (χ3n) is 5.18. The highest BCUT2D eigenvalue weighted by atomic mass is 35.5. The number of nitrogens with one attached hydrogen (secondary N) is 3. The van der Waals surface area contributed by atoms with Crippen molar-refractivity contribution in [2.24, 2.45) is 0 Å². The first-order valence-electron chi connectivity index (χ1n) is 10.5. The lowest BCUT2D eigenvalue weighted by Gasteiger charge is -2.16. The second-order valence-electron chi connectivity index (χ2n) is 7.82. The smallest absolute Gasteiger partial charge is 0.285 e. The van der Waals surface area contributed by atoms with Crippen LogP contribution in [0.15, 0.2) is 35.8 Å². The van der Waals surface area contributed by atoms with Crippen LogP contribution in [0, 0.1) is 5.41 Å². The van der Waals surface area contributed by atoms with E-state index in [0.717, 1.165) is 11.3 Å². The van der Waals surface area contributed by atoms with Gasteiger partial charge in [0.15, 0.2) is 0 Å². The zero-order valence-corrected chi connectivity index (χ0v) is 22.1. The molecule has 1 atom stereocenters. The molecule has 4 rings (SSSR count). The minimum Gasteiger partial charge on any atom is -0.494 e. The van der Waals surface area contributed by atoms with E-state index in [9.17, 15) is 9.59 Å². The third kappa shape index (κ3) is 5.67. The zero-order valence-electron chi connectivity index (χ0n) is 19.0. The molecule has 0 bridgehead atoms. The molecule has 1 saturated heterocycles. The first kappa shape index (κ1) is 26.0. The Morgan fingerprint density at radius 3 is 2.64 bits per heavy atom. The largest absolute Gasteiger partial charge is 0.494 e. The Morgan fingerprint density at radius 2 is 2.00 bits per heavy atom. The molecule has 1 aromatic carbocycles. The minimum absolute atomic E-state index is 0.0625.